The molecule has 4 nitrogen and oxygen atoms in total. The zero-order valence-corrected chi connectivity index (χ0v) is 38.1. The van der Waals surface area contributed by atoms with Crippen molar-refractivity contribution in [1.29, 1.82) is 0 Å². The molecule has 0 saturated carbocycles. The Morgan fingerprint density at radius 1 is 0.475 bits per heavy atom. The largest absolute Gasteiger partial charge is 0.494 e. The summed E-state index contributed by atoms with van der Waals surface area (Å²) in [6.07, 6.45) is 12.5. The van der Waals surface area contributed by atoms with Crippen LogP contribution in [0.25, 0.3) is 0 Å². The summed E-state index contributed by atoms with van der Waals surface area (Å²) in [6, 6.07) is 51.0. The summed E-state index contributed by atoms with van der Waals surface area (Å²) in [7, 11) is 0.432. The lowest BCUT2D eigenvalue weighted by Gasteiger charge is -2.33. The van der Waals surface area contributed by atoms with E-state index < -0.39 is 7.26 Å². The molecule has 5 rings (SSSR count). The smallest absolute Gasteiger partial charge is 0.119 e. The lowest BCUT2D eigenvalue weighted by Crippen LogP contribution is -2.33. The lowest BCUT2D eigenvalue weighted by molar-refractivity contribution is 0.0836. The van der Waals surface area contributed by atoms with Crippen molar-refractivity contribution < 1.29 is 14.2 Å². The van der Waals surface area contributed by atoms with Crippen LogP contribution >= 0.6 is 7.26 Å². The standard InChI is InChI=1S/C54H73NO3P/c1-53(2,3)45-54(4,5)47-32-36-49(37-33-47)58-42-41-56-40-38-55(6)44-46-30-34-48(35-31-46)57-39-22-11-9-7-8-10-12-23-43-59(50-24-16-13-17-25-50,51-26-18-14-19-27-51)52-28-20-15-21-29-52/h13-21,24-37H,7-12,22-23,38-45H2,1-6H3/q+1. The van der Waals surface area contributed by atoms with Crippen LogP contribution in [-0.2, 0) is 16.7 Å². The molecular formula is C54H73NO3P+. The van der Waals surface area contributed by atoms with Crippen LogP contribution < -0.4 is 25.4 Å². The summed E-state index contributed by atoms with van der Waals surface area (Å²) in [6.45, 7) is 15.9. The van der Waals surface area contributed by atoms with E-state index in [0.717, 1.165) is 44.0 Å². The van der Waals surface area contributed by atoms with Crippen LogP contribution in [0.1, 0.15) is 104 Å². The van der Waals surface area contributed by atoms with Gasteiger partial charge in [0.25, 0.3) is 0 Å². The monoisotopic (exact) mass is 815 g/mol. The van der Waals surface area contributed by atoms with Crippen LogP contribution in [-0.4, -0.2) is 51.1 Å². The van der Waals surface area contributed by atoms with Gasteiger partial charge in [0.2, 0.25) is 0 Å². The van der Waals surface area contributed by atoms with E-state index in [0.29, 0.717) is 25.2 Å². The maximum atomic E-state index is 6.10. The second-order valence-corrected chi connectivity index (χ2v) is 21.8. The van der Waals surface area contributed by atoms with E-state index in [1.165, 1.54) is 78.1 Å². The van der Waals surface area contributed by atoms with Gasteiger partial charge in [-0.1, -0.05) is 146 Å². The van der Waals surface area contributed by atoms with Gasteiger partial charge in [0.1, 0.15) is 41.3 Å². The van der Waals surface area contributed by atoms with Crippen LogP contribution in [0, 0.1) is 5.41 Å². The third kappa shape index (κ3) is 15.2. The highest BCUT2D eigenvalue weighted by molar-refractivity contribution is 7.95. The van der Waals surface area contributed by atoms with Gasteiger partial charge in [-0.05, 0) is 115 Å². The lowest BCUT2D eigenvalue weighted by atomic mass is 9.72. The van der Waals surface area contributed by atoms with Crippen molar-refractivity contribution >= 4 is 23.2 Å². The molecular weight excluding hydrogens is 742 g/mol. The predicted octanol–water partition coefficient (Wildman–Crippen LogP) is 12.4. The van der Waals surface area contributed by atoms with E-state index in [9.17, 15) is 0 Å². The Morgan fingerprint density at radius 2 is 0.932 bits per heavy atom. The molecule has 0 saturated heterocycles. The average molecular weight is 815 g/mol. The third-order valence-corrected chi connectivity index (χ3v) is 15.9. The van der Waals surface area contributed by atoms with Crippen LogP contribution in [0.15, 0.2) is 140 Å². The zero-order valence-electron chi connectivity index (χ0n) is 37.2. The molecule has 0 amide bonds. The number of rotatable bonds is 26. The van der Waals surface area contributed by atoms with Crippen LogP contribution in [0.3, 0.4) is 0 Å². The number of unbranched alkanes of at least 4 members (excludes halogenated alkanes) is 7. The predicted molar refractivity (Wildman–Crippen MR) is 255 cm³/mol. The molecule has 0 heterocycles. The molecule has 316 valence electrons. The summed E-state index contributed by atoms with van der Waals surface area (Å²) in [5, 5.41) is 4.48. The number of likely N-dealkylation sites (N-methyl/N-ethyl adjacent to an activating group) is 1. The van der Waals surface area contributed by atoms with E-state index in [2.05, 4.69) is 186 Å². The van der Waals surface area contributed by atoms with Crippen molar-refractivity contribution in [2.75, 3.05) is 46.2 Å². The average Bonchev–Trinajstić information content (AvgIpc) is 3.23. The van der Waals surface area contributed by atoms with Gasteiger partial charge >= 0.3 is 0 Å². The molecule has 59 heavy (non-hydrogen) atoms. The van der Waals surface area contributed by atoms with Gasteiger partial charge in [0, 0.05) is 13.1 Å². The highest BCUT2D eigenvalue weighted by Gasteiger charge is 2.44. The molecule has 0 bridgehead atoms. The van der Waals surface area contributed by atoms with Crippen LogP contribution in [0.2, 0.25) is 0 Å². The van der Waals surface area contributed by atoms with Crippen molar-refractivity contribution in [3.05, 3.63) is 151 Å². The van der Waals surface area contributed by atoms with E-state index in [1.54, 1.807) is 0 Å². The molecule has 0 unspecified atom stereocenters. The normalized spacial score (nSPS) is 12.2. The first-order valence-corrected chi connectivity index (χ1v) is 24.3. The van der Waals surface area contributed by atoms with E-state index in [-0.39, 0.29) is 5.41 Å². The molecule has 0 N–H and O–H groups in total. The Hall–Kier alpha value is -3.95. The summed E-state index contributed by atoms with van der Waals surface area (Å²) < 4.78 is 17.9. The van der Waals surface area contributed by atoms with Gasteiger partial charge in [0.15, 0.2) is 0 Å². The number of hydrogen-bond donors (Lipinski definition) is 0. The quantitative estimate of drug-likeness (QED) is 0.0411. The number of benzene rings is 5. The van der Waals surface area contributed by atoms with Gasteiger partial charge in [-0.25, -0.2) is 0 Å². The summed E-state index contributed by atoms with van der Waals surface area (Å²) >= 11 is 0. The molecule has 0 fully saturated rings. The van der Waals surface area contributed by atoms with E-state index in [1.807, 2.05) is 0 Å². The van der Waals surface area contributed by atoms with Crippen molar-refractivity contribution in [3.63, 3.8) is 0 Å². The number of ether oxygens (including phenoxy) is 3. The maximum absolute atomic E-state index is 6.10. The minimum atomic E-state index is -1.71. The number of nitrogens with zero attached hydrogens (tertiary/aromatic N) is 1. The van der Waals surface area contributed by atoms with Crippen molar-refractivity contribution in [2.45, 2.75) is 104 Å². The topological polar surface area (TPSA) is 30.9 Å². The van der Waals surface area contributed by atoms with Gasteiger partial charge in [-0.3, -0.25) is 4.90 Å². The Morgan fingerprint density at radius 3 is 1.44 bits per heavy atom. The molecule has 5 heteroatoms. The second kappa shape index (κ2) is 23.7. The Balaban J connectivity index is 0.896. The SMILES string of the molecule is CN(CCOCCOc1ccc(C(C)(C)CC(C)(C)C)cc1)Cc1ccc(OCCCCCCCCCC[P+](c2ccccc2)(c2ccccc2)c2ccccc2)cc1. The number of hydrogen-bond acceptors (Lipinski definition) is 4. The fraction of sp³-hybridized carbons (Fsp3) is 0.444. The molecule has 0 aliphatic heterocycles. The third-order valence-electron chi connectivity index (χ3n) is 11.3. The van der Waals surface area contributed by atoms with Crippen LogP contribution in [0.5, 0.6) is 11.5 Å². The Bertz CT molecular complexity index is 1760. The highest BCUT2D eigenvalue weighted by Crippen LogP contribution is 2.56. The molecule has 0 spiro atoms. The van der Waals surface area contributed by atoms with Gasteiger partial charge in [-0.2, -0.15) is 0 Å². The van der Waals surface area contributed by atoms with Gasteiger partial charge in [-0.15, -0.1) is 0 Å². The van der Waals surface area contributed by atoms with E-state index >= 15 is 0 Å². The first kappa shape index (κ1) is 46.1. The summed E-state index contributed by atoms with van der Waals surface area (Å²) in [5.41, 5.74) is 3.06. The van der Waals surface area contributed by atoms with Crippen molar-refractivity contribution in [3.8, 4) is 11.5 Å². The van der Waals surface area contributed by atoms with Crippen molar-refractivity contribution in [2.24, 2.45) is 5.41 Å². The minimum Gasteiger partial charge on any atom is -0.494 e. The summed E-state index contributed by atoms with van der Waals surface area (Å²) in [5.74, 6) is 1.86. The van der Waals surface area contributed by atoms with E-state index in [4.69, 9.17) is 14.2 Å². The molecule has 0 aliphatic carbocycles. The minimum absolute atomic E-state index is 0.136. The molecule has 0 aliphatic rings. The van der Waals surface area contributed by atoms with Crippen LogP contribution in [0.4, 0.5) is 0 Å². The maximum Gasteiger partial charge on any atom is 0.119 e. The second-order valence-electron chi connectivity index (χ2n) is 18.2. The fourth-order valence-corrected chi connectivity index (χ4v) is 13.0. The molecule has 0 atom stereocenters. The zero-order chi connectivity index (χ0) is 41.8. The van der Waals surface area contributed by atoms with Gasteiger partial charge < -0.3 is 14.2 Å². The van der Waals surface area contributed by atoms with Gasteiger partial charge in [0.05, 0.1) is 26.0 Å². The molecule has 0 radical (unpaired) electrons. The molecule has 5 aromatic carbocycles. The molecule has 5 aromatic rings. The fourth-order valence-electron chi connectivity index (χ4n) is 8.64. The first-order valence-electron chi connectivity index (χ1n) is 22.3. The Kier molecular flexibility index (Phi) is 18.6. The first-order chi connectivity index (χ1) is 28.5. The molecule has 0 aromatic heterocycles. The summed E-state index contributed by atoms with van der Waals surface area (Å²) in [4.78, 5) is 2.30. The Labute approximate surface area is 359 Å². The highest BCUT2D eigenvalue weighted by atomic mass is 31.2. The van der Waals surface area contributed by atoms with Crippen molar-refractivity contribution in [1.82, 2.24) is 4.90 Å².